The van der Waals surface area contributed by atoms with Gasteiger partial charge >= 0.3 is 5.97 Å². The van der Waals surface area contributed by atoms with Crippen LogP contribution in [0.5, 0.6) is 0 Å². The molecule has 1 saturated carbocycles. The Hall–Kier alpha value is -1.82. The van der Waals surface area contributed by atoms with Gasteiger partial charge in [0, 0.05) is 17.1 Å². The van der Waals surface area contributed by atoms with Gasteiger partial charge in [-0.2, -0.15) is 0 Å². The summed E-state index contributed by atoms with van der Waals surface area (Å²) in [6, 6.07) is 2.71. The van der Waals surface area contributed by atoms with E-state index in [4.69, 9.17) is 5.11 Å². The number of nitrogens with zero attached hydrogens (tertiary/aromatic N) is 1. The van der Waals surface area contributed by atoms with Crippen molar-refractivity contribution >= 4 is 28.6 Å². The molecule has 0 spiro atoms. The second-order valence-electron chi connectivity index (χ2n) is 4.82. The van der Waals surface area contributed by atoms with Crippen LogP contribution >= 0.6 is 11.8 Å². The Balaban J connectivity index is 2.48. The molecule has 0 bridgehead atoms. The fraction of sp³-hybridized carbons (Fsp3) is 0.286. The lowest BCUT2D eigenvalue weighted by molar-refractivity contribution is 0.0695. The Morgan fingerprint density at radius 2 is 2.15 bits per heavy atom. The largest absolute Gasteiger partial charge is 0.477 e. The summed E-state index contributed by atoms with van der Waals surface area (Å²) >= 11 is 1.35. The van der Waals surface area contributed by atoms with Crippen LogP contribution in [0.25, 0.3) is 10.9 Å². The van der Waals surface area contributed by atoms with Gasteiger partial charge in [-0.25, -0.2) is 9.18 Å². The fourth-order valence-corrected chi connectivity index (χ4v) is 3.01. The number of aromatic nitrogens is 1. The van der Waals surface area contributed by atoms with Crippen molar-refractivity contribution in [1.29, 1.82) is 0 Å². The molecule has 2 aromatic rings. The van der Waals surface area contributed by atoms with Gasteiger partial charge in [0.15, 0.2) is 0 Å². The Bertz CT molecular complexity index is 780. The molecule has 0 saturated heterocycles. The number of hydrogen-bond acceptors (Lipinski definition) is 3. The minimum absolute atomic E-state index is 0.140. The van der Waals surface area contributed by atoms with E-state index in [2.05, 4.69) is 0 Å². The van der Waals surface area contributed by atoms with Gasteiger partial charge in [-0.05, 0) is 31.2 Å². The van der Waals surface area contributed by atoms with Crippen molar-refractivity contribution in [3.05, 3.63) is 39.9 Å². The number of aromatic carboxylic acids is 1. The molecule has 1 fully saturated rings. The zero-order chi connectivity index (χ0) is 14.4. The molecule has 104 valence electrons. The molecular weight excluding hydrogens is 281 g/mol. The quantitative estimate of drug-likeness (QED) is 0.884. The first kappa shape index (κ1) is 13.2. The molecule has 1 aromatic heterocycles. The van der Waals surface area contributed by atoms with Crippen LogP contribution in [0.15, 0.2) is 28.0 Å². The third kappa shape index (κ3) is 2.00. The van der Waals surface area contributed by atoms with Crippen molar-refractivity contribution in [2.75, 3.05) is 6.26 Å². The number of rotatable bonds is 3. The van der Waals surface area contributed by atoms with Gasteiger partial charge in [0.2, 0.25) is 5.43 Å². The fourth-order valence-electron chi connectivity index (χ4n) is 2.37. The van der Waals surface area contributed by atoms with Gasteiger partial charge in [0.05, 0.1) is 10.9 Å². The van der Waals surface area contributed by atoms with Crippen LogP contribution in [0.2, 0.25) is 0 Å². The van der Waals surface area contributed by atoms with Crippen molar-refractivity contribution in [3.8, 4) is 0 Å². The summed E-state index contributed by atoms with van der Waals surface area (Å²) in [6.07, 6.45) is 5.09. The first-order chi connectivity index (χ1) is 9.52. The summed E-state index contributed by atoms with van der Waals surface area (Å²) < 4.78 is 15.4. The molecule has 1 aliphatic carbocycles. The smallest absolute Gasteiger partial charge is 0.341 e. The van der Waals surface area contributed by atoms with Crippen LogP contribution in [0.3, 0.4) is 0 Å². The van der Waals surface area contributed by atoms with E-state index in [0.29, 0.717) is 10.4 Å². The van der Waals surface area contributed by atoms with E-state index >= 15 is 0 Å². The second kappa shape index (κ2) is 4.63. The normalized spacial score (nSPS) is 14.7. The van der Waals surface area contributed by atoms with E-state index < -0.39 is 17.2 Å². The Morgan fingerprint density at radius 3 is 2.70 bits per heavy atom. The van der Waals surface area contributed by atoms with Crippen LogP contribution in [0.1, 0.15) is 29.2 Å². The van der Waals surface area contributed by atoms with Gasteiger partial charge in [0.1, 0.15) is 11.4 Å². The maximum absolute atomic E-state index is 13.6. The highest BCUT2D eigenvalue weighted by atomic mass is 32.2. The van der Waals surface area contributed by atoms with E-state index in [-0.39, 0.29) is 17.0 Å². The summed E-state index contributed by atoms with van der Waals surface area (Å²) in [5, 5.41) is 9.28. The number of pyridine rings is 1. The molecule has 0 amide bonds. The molecule has 0 aliphatic heterocycles. The molecule has 1 heterocycles. The molecule has 4 nitrogen and oxygen atoms in total. The van der Waals surface area contributed by atoms with E-state index in [1.807, 2.05) is 4.57 Å². The predicted molar refractivity (Wildman–Crippen MR) is 75.2 cm³/mol. The van der Waals surface area contributed by atoms with E-state index in [0.717, 1.165) is 18.9 Å². The summed E-state index contributed by atoms with van der Waals surface area (Å²) in [5.41, 5.74) is -0.294. The number of halogens is 1. The van der Waals surface area contributed by atoms with Crippen LogP contribution in [-0.2, 0) is 0 Å². The van der Waals surface area contributed by atoms with Crippen LogP contribution in [0, 0.1) is 5.82 Å². The number of carbonyl (C=O) groups is 1. The molecule has 1 aromatic carbocycles. The molecule has 0 radical (unpaired) electrons. The minimum atomic E-state index is -1.28. The van der Waals surface area contributed by atoms with Gasteiger partial charge < -0.3 is 9.67 Å². The van der Waals surface area contributed by atoms with E-state index in [1.165, 1.54) is 24.0 Å². The lowest BCUT2D eigenvalue weighted by Crippen LogP contribution is -2.19. The van der Waals surface area contributed by atoms with Gasteiger partial charge in [0.25, 0.3) is 0 Å². The molecule has 1 N–H and O–H groups in total. The highest BCUT2D eigenvalue weighted by Crippen LogP contribution is 2.39. The van der Waals surface area contributed by atoms with Crippen LogP contribution in [0.4, 0.5) is 4.39 Å². The first-order valence-electron chi connectivity index (χ1n) is 6.18. The van der Waals surface area contributed by atoms with Crippen molar-refractivity contribution in [1.82, 2.24) is 4.57 Å². The summed E-state index contributed by atoms with van der Waals surface area (Å²) in [7, 11) is 0. The highest BCUT2D eigenvalue weighted by Gasteiger charge is 2.28. The van der Waals surface area contributed by atoms with Crippen molar-refractivity contribution < 1.29 is 14.3 Å². The second-order valence-corrected chi connectivity index (χ2v) is 5.67. The van der Waals surface area contributed by atoms with E-state index in [9.17, 15) is 14.0 Å². The van der Waals surface area contributed by atoms with Crippen molar-refractivity contribution in [2.24, 2.45) is 0 Å². The SMILES string of the molecule is CSc1cc(F)cc2c(=O)c(C(=O)O)cn(C3CC3)c12. The van der Waals surface area contributed by atoms with Crippen LogP contribution in [-0.4, -0.2) is 21.9 Å². The van der Waals surface area contributed by atoms with Crippen molar-refractivity contribution in [3.63, 3.8) is 0 Å². The topological polar surface area (TPSA) is 59.3 Å². The number of hydrogen-bond donors (Lipinski definition) is 1. The average molecular weight is 293 g/mol. The van der Waals surface area contributed by atoms with Crippen molar-refractivity contribution in [2.45, 2.75) is 23.8 Å². The molecular formula is C14H12FNO3S. The standard InChI is InChI=1S/C14H12FNO3S/c1-20-11-5-7(15)4-9-12(11)16(8-2-3-8)6-10(13(9)17)14(18)19/h4-6,8H,2-3H2,1H3,(H,18,19). The molecule has 1 aliphatic rings. The number of benzene rings is 1. The monoisotopic (exact) mass is 293 g/mol. The number of fused-ring (bicyclic) bond motifs is 1. The first-order valence-corrected chi connectivity index (χ1v) is 7.41. The Morgan fingerprint density at radius 1 is 1.45 bits per heavy atom. The Kier molecular flexibility index (Phi) is 3.05. The maximum atomic E-state index is 13.6. The van der Waals surface area contributed by atoms with E-state index in [1.54, 1.807) is 6.26 Å². The molecule has 20 heavy (non-hydrogen) atoms. The third-order valence-corrected chi connectivity index (χ3v) is 4.20. The van der Waals surface area contributed by atoms with Gasteiger partial charge in [-0.15, -0.1) is 11.8 Å². The average Bonchev–Trinajstić information content (AvgIpc) is 3.22. The lowest BCUT2D eigenvalue weighted by atomic mass is 10.1. The summed E-state index contributed by atoms with van der Waals surface area (Å²) in [5.74, 6) is -1.80. The van der Waals surface area contributed by atoms with Gasteiger partial charge in [-0.1, -0.05) is 0 Å². The predicted octanol–water partition coefficient (Wildman–Crippen LogP) is 2.90. The molecule has 3 rings (SSSR count). The molecule has 0 unspecified atom stereocenters. The zero-order valence-corrected chi connectivity index (χ0v) is 11.5. The molecule has 6 heteroatoms. The highest BCUT2D eigenvalue weighted by molar-refractivity contribution is 7.98. The zero-order valence-electron chi connectivity index (χ0n) is 10.7. The number of thioether (sulfide) groups is 1. The maximum Gasteiger partial charge on any atom is 0.341 e. The third-order valence-electron chi connectivity index (χ3n) is 3.45. The van der Waals surface area contributed by atoms with Gasteiger partial charge in [-0.3, -0.25) is 4.79 Å². The summed E-state index contributed by atoms with van der Waals surface area (Å²) in [4.78, 5) is 24.1. The summed E-state index contributed by atoms with van der Waals surface area (Å²) in [6.45, 7) is 0. The lowest BCUT2D eigenvalue weighted by Gasteiger charge is -2.14. The minimum Gasteiger partial charge on any atom is -0.477 e. The molecule has 0 atom stereocenters. The number of carboxylic acid groups (broad SMARTS) is 1. The Labute approximate surface area is 118 Å². The van der Waals surface area contributed by atoms with Crippen LogP contribution < -0.4 is 5.43 Å². The number of carboxylic acids is 1.